The van der Waals surface area contributed by atoms with Crippen LogP contribution in [-0.4, -0.2) is 44.7 Å². The topological polar surface area (TPSA) is 27.3 Å². The van der Waals surface area contributed by atoms with E-state index < -0.39 is 0 Å². The molecule has 3 nitrogen and oxygen atoms in total. The summed E-state index contributed by atoms with van der Waals surface area (Å²) in [5, 5.41) is 6.87. The van der Waals surface area contributed by atoms with Gasteiger partial charge in [-0.1, -0.05) is 37.3 Å². The average molecular weight is 247 g/mol. The number of rotatable bonds is 5. The fraction of sp³-hybridized carbons (Fsp3) is 0.600. The lowest BCUT2D eigenvalue weighted by atomic mass is 9.94. The summed E-state index contributed by atoms with van der Waals surface area (Å²) in [6.45, 7) is 8.12. The zero-order valence-electron chi connectivity index (χ0n) is 11.5. The molecule has 0 amide bonds. The molecule has 2 atom stereocenters. The van der Waals surface area contributed by atoms with Crippen molar-refractivity contribution in [2.75, 3.05) is 39.8 Å². The molecule has 100 valence electrons. The number of benzene rings is 1. The molecule has 18 heavy (non-hydrogen) atoms. The van der Waals surface area contributed by atoms with Crippen LogP contribution < -0.4 is 10.6 Å². The molecule has 0 unspecified atom stereocenters. The molecule has 1 aliphatic rings. The van der Waals surface area contributed by atoms with Crippen molar-refractivity contribution in [2.24, 2.45) is 5.92 Å². The summed E-state index contributed by atoms with van der Waals surface area (Å²) in [5.74, 6) is 0.621. The number of piperazine rings is 1. The Morgan fingerprint density at radius 3 is 2.50 bits per heavy atom. The van der Waals surface area contributed by atoms with Crippen LogP contribution in [0, 0.1) is 5.92 Å². The predicted molar refractivity (Wildman–Crippen MR) is 76.7 cm³/mol. The van der Waals surface area contributed by atoms with E-state index in [-0.39, 0.29) is 0 Å². The smallest absolute Gasteiger partial charge is 0.0355 e. The first-order valence-corrected chi connectivity index (χ1v) is 6.96. The van der Waals surface area contributed by atoms with Crippen molar-refractivity contribution in [3.05, 3.63) is 35.9 Å². The first-order valence-electron chi connectivity index (χ1n) is 6.96. The van der Waals surface area contributed by atoms with Crippen LogP contribution in [0.25, 0.3) is 0 Å². The van der Waals surface area contributed by atoms with Crippen molar-refractivity contribution in [3.63, 3.8) is 0 Å². The molecule has 1 aromatic rings. The Balaban J connectivity index is 1.94. The molecule has 3 heteroatoms. The number of nitrogens with one attached hydrogen (secondary N) is 2. The second kappa shape index (κ2) is 6.88. The highest BCUT2D eigenvalue weighted by atomic mass is 15.2. The summed E-state index contributed by atoms with van der Waals surface area (Å²) < 4.78 is 0. The Labute approximate surface area is 111 Å². The Morgan fingerprint density at radius 1 is 1.22 bits per heavy atom. The van der Waals surface area contributed by atoms with E-state index in [1.165, 1.54) is 25.2 Å². The van der Waals surface area contributed by atoms with E-state index in [1.54, 1.807) is 0 Å². The van der Waals surface area contributed by atoms with Crippen LogP contribution in [-0.2, 0) is 0 Å². The number of hydrogen-bond donors (Lipinski definition) is 2. The summed E-state index contributed by atoms with van der Waals surface area (Å²) in [4.78, 5) is 2.56. The quantitative estimate of drug-likeness (QED) is 0.825. The van der Waals surface area contributed by atoms with Crippen LogP contribution in [0.4, 0.5) is 0 Å². The van der Waals surface area contributed by atoms with E-state index >= 15 is 0 Å². The Hall–Kier alpha value is -0.900. The number of hydrogen-bond acceptors (Lipinski definition) is 3. The van der Waals surface area contributed by atoms with Gasteiger partial charge in [0.05, 0.1) is 0 Å². The fourth-order valence-electron chi connectivity index (χ4n) is 2.85. The van der Waals surface area contributed by atoms with Crippen LogP contribution >= 0.6 is 0 Å². The third-order valence-corrected chi connectivity index (χ3v) is 3.79. The summed E-state index contributed by atoms with van der Waals surface area (Å²) in [7, 11) is 2.06. The molecule has 0 spiro atoms. The second-order valence-corrected chi connectivity index (χ2v) is 5.20. The fourth-order valence-corrected chi connectivity index (χ4v) is 2.85. The Bertz CT molecular complexity index is 333. The van der Waals surface area contributed by atoms with Crippen molar-refractivity contribution >= 4 is 0 Å². The summed E-state index contributed by atoms with van der Waals surface area (Å²) in [5.41, 5.74) is 1.39. The summed E-state index contributed by atoms with van der Waals surface area (Å²) >= 11 is 0. The highest BCUT2D eigenvalue weighted by molar-refractivity contribution is 5.19. The standard InChI is InChI=1S/C15H25N3/c1-13(12-18-10-8-17-9-11-18)15(16-2)14-6-4-3-5-7-14/h3-7,13,15-17H,8-12H2,1-2H3/t13-,15+/m0/s1. The lowest BCUT2D eigenvalue weighted by Gasteiger charge is -2.33. The monoisotopic (exact) mass is 247 g/mol. The van der Waals surface area contributed by atoms with E-state index in [0.717, 1.165) is 13.1 Å². The molecule has 2 rings (SSSR count). The van der Waals surface area contributed by atoms with Crippen LogP contribution in [0.2, 0.25) is 0 Å². The molecule has 1 aromatic carbocycles. The van der Waals surface area contributed by atoms with Gasteiger partial charge in [0, 0.05) is 38.8 Å². The normalized spacial score (nSPS) is 20.6. The van der Waals surface area contributed by atoms with E-state index in [1.807, 2.05) is 0 Å². The zero-order chi connectivity index (χ0) is 12.8. The average Bonchev–Trinajstić information content (AvgIpc) is 2.42. The Kier molecular flexibility index (Phi) is 5.17. The molecule has 2 N–H and O–H groups in total. The van der Waals surface area contributed by atoms with Crippen molar-refractivity contribution < 1.29 is 0 Å². The maximum absolute atomic E-state index is 3.47. The van der Waals surface area contributed by atoms with Gasteiger partial charge < -0.3 is 15.5 Å². The van der Waals surface area contributed by atoms with E-state index in [9.17, 15) is 0 Å². The minimum Gasteiger partial charge on any atom is -0.314 e. The van der Waals surface area contributed by atoms with Crippen molar-refractivity contribution in [1.82, 2.24) is 15.5 Å². The SMILES string of the molecule is CN[C@@H](c1ccccc1)[C@@H](C)CN1CCNCC1. The third-order valence-electron chi connectivity index (χ3n) is 3.79. The van der Waals surface area contributed by atoms with Gasteiger partial charge in [-0.25, -0.2) is 0 Å². The minimum atomic E-state index is 0.445. The lowest BCUT2D eigenvalue weighted by Crippen LogP contribution is -2.46. The highest BCUT2D eigenvalue weighted by Crippen LogP contribution is 2.22. The molecular weight excluding hydrogens is 222 g/mol. The van der Waals surface area contributed by atoms with E-state index in [4.69, 9.17) is 0 Å². The second-order valence-electron chi connectivity index (χ2n) is 5.20. The maximum atomic E-state index is 3.47. The molecule has 0 radical (unpaired) electrons. The molecule has 1 aliphatic heterocycles. The largest absolute Gasteiger partial charge is 0.314 e. The lowest BCUT2D eigenvalue weighted by molar-refractivity contribution is 0.192. The van der Waals surface area contributed by atoms with Crippen molar-refractivity contribution in [1.29, 1.82) is 0 Å². The zero-order valence-corrected chi connectivity index (χ0v) is 11.5. The van der Waals surface area contributed by atoms with Crippen LogP contribution in [0.1, 0.15) is 18.5 Å². The molecular formula is C15H25N3. The van der Waals surface area contributed by atoms with Crippen molar-refractivity contribution in [2.45, 2.75) is 13.0 Å². The first kappa shape index (κ1) is 13.5. The third kappa shape index (κ3) is 3.55. The van der Waals surface area contributed by atoms with Gasteiger partial charge in [-0.05, 0) is 18.5 Å². The van der Waals surface area contributed by atoms with E-state index in [2.05, 4.69) is 59.8 Å². The predicted octanol–water partition coefficient (Wildman–Crippen LogP) is 1.49. The van der Waals surface area contributed by atoms with Crippen molar-refractivity contribution in [3.8, 4) is 0 Å². The maximum Gasteiger partial charge on any atom is 0.0355 e. The summed E-state index contributed by atoms with van der Waals surface area (Å²) in [6, 6.07) is 11.2. The highest BCUT2D eigenvalue weighted by Gasteiger charge is 2.20. The van der Waals surface area contributed by atoms with Gasteiger partial charge in [-0.3, -0.25) is 0 Å². The van der Waals surface area contributed by atoms with Gasteiger partial charge in [0.15, 0.2) is 0 Å². The first-order chi connectivity index (χ1) is 8.81. The van der Waals surface area contributed by atoms with Gasteiger partial charge in [0.2, 0.25) is 0 Å². The number of nitrogens with zero attached hydrogens (tertiary/aromatic N) is 1. The Morgan fingerprint density at radius 2 is 1.89 bits per heavy atom. The molecule has 0 saturated carbocycles. The molecule has 0 aliphatic carbocycles. The van der Waals surface area contributed by atoms with Crippen LogP contribution in [0.5, 0.6) is 0 Å². The van der Waals surface area contributed by atoms with Gasteiger partial charge in [-0.2, -0.15) is 0 Å². The minimum absolute atomic E-state index is 0.445. The molecule has 0 aromatic heterocycles. The molecule has 0 bridgehead atoms. The van der Waals surface area contributed by atoms with Gasteiger partial charge in [-0.15, -0.1) is 0 Å². The molecule has 1 fully saturated rings. The van der Waals surface area contributed by atoms with Gasteiger partial charge in [0.25, 0.3) is 0 Å². The summed E-state index contributed by atoms with van der Waals surface area (Å²) in [6.07, 6.45) is 0. The molecule has 1 saturated heterocycles. The molecule has 1 heterocycles. The van der Waals surface area contributed by atoms with Crippen LogP contribution in [0.15, 0.2) is 30.3 Å². The van der Waals surface area contributed by atoms with Crippen LogP contribution in [0.3, 0.4) is 0 Å². The van der Waals surface area contributed by atoms with E-state index in [0.29, 0.717) is 12.0 Å². The van der Waals surface area contributed by atoms with Gasteiger partial charge >= 0.3 is 0 Å². The van der Waals surface area contributed by atoms with Gasteiger partial charge in [0.1, 0.15) is 0 Å².